The summed E-state index contributed by atoms with van der Waals surface area (Å²) in [6.45, 7) is 1.44. The highest BCUT2D eigenvalue weighted by Gasteiger charge is 2.25. The number of sulfone groups is 1. The zero-order valence-corrected chi connectivity index (χ0v) is 11.8. The van der Waals surface area contributed by atoms with Gasteiger partial charge in [0.25, 0.3) is 0 Å². The lowest BCUT2D eigenvalue weighted by molar-refractivity contribution is 0.0390. The van der Waals surface area contributed by atoms with Crippen molar-refractivity contribution in [2.75, 3.05) is 19.5 Å². The normalized spacial score (nSPS) is 22.1. The van der Waals surface area contributed by atoms with Crippen molar-refractivity contribution in [1.82, 2.24) is 5.43 Å². The monoisotopic (exact) mass is 284 g/mol. The minimum atomic E-state index is -3.20. The molecule has 2 unspecified atom stereocenters. The van der Waals surface area contributed by atoms with Crippen LogP contribution in [0.25, 0.3) is 0 Å². The number of hydrogen-bond donors (Lipinski definition) is 2. The van der Waals surface area contributed by atoms with E-state index in [4.69, 9.17) is 10.6 Å². The van der Waals surface area contributed by atoms with Crippen LogP contribution in [0.15, 0.2) is 29.2 Å². The molecule has 0 bridgehead atoms. The van der Waals surface area contributed by atoms with Gasteiger partial charge in [-0.15, -0.1) is 0 Å². The van der Waals surface area contributed by atoms with Crippen LogP contribution in [0.1, 0.15) is 24.4 Å². The standard InChI is InChI=1S/C13H20N2O3S/c1-19(16,17)12-6-2-4-10(8-12)13(15-14)11-5-3-7-18-9-11/h2,4,6,8,11,13,15H,3,5,7,9,14H2,1H3. The number of ether oxygens (including phenoxy) is 1. The van der Waals surface area contributed by atoms with Gasteiger partial charge in [-0.3, -0.25) is 11.3 Å². The van der Waals surface area contributed by atoms with E-state index in [1.54, 1.807) is 18.2 Å². The largest absolute Gasteiger partial charge is 0.381 e. The van der Waals surface area contributed by atoms with Crippen molar-refractivity contribution in [3.05, 3.63) is 29.8 Å². The Balaban J connectivity index is 2.27. The van der Waals surface area contributed by atoms with Crippen LogP contribution in [-0.4, -0.2) is 27.9 Å². The summed E-state index contributed by atoms with van der Waals surface area (Å²) < 4.78 is 28.7. The van der Waals surface area contributed by atoms with E-state index < -0.39 is 9.84 Å². The first-order valence-electron chi connectivity index (χ1n) is 6.36. The maximum atomic E-state index is 11.6. The van der Waals surface area contributed by atoms with Crippen molar-refractivity contribution in [2.45, 2.75) is 23.8 Å². The van der Waals surface area contributed by atoms with Gasteiger partial charge < -0.3 is 4.74 Å². The molecule has 0 amide bonds. The third-order valence-electron chi connectivity index (χ3n) is 3.49. The molecule has 2 rings (SSSR count). The minimum absolute atomic E-state index is 0.0815. The second kappa shape index (κ2) is 6.00. The van der Waals surface area contributed by atoms with Crippen LogP contribution in [0.5, 0.6) is 0 Å². The lowest BCUT2D eigenvalue weighted by Gasteiger charge is -2.30. The van der Waals surface area contributed by atoms with Gasteiger partial charge in [-0.05, 0) is 30.5 Å². The van der Waals surface area contributed by atoms with E-state index in [1.807, 2.05) is 6.07 Å². The fraction of sp³-hybridized carbons (Fsp3) is 0.538. The van der Waals surface area contributed by atoms with Crippen molar-refractivity contribution in [3.8, 4) is 0 Å². The molecule has 1 heterocycles. The number of hydrazine groups is 1. The van der Waals surface area contributed by atoms with Crippen LogP contribution in [0.3, 0.4) is 0 Å². The van der Waals surface area contributed by atoms with E-state index in [9.17, 15) is 8.42 Å². The second-order valence-electron chi connectivity index (χ2n) is 4.97. The van der Waals surface area contributed by atoms with Gasteiger partial charge in [-0.2, -0.15) is 0 Å². The number of nitrogens with one attached hydrogen (secondary N) is 1. The molecule has 6 heteroatoms. The molecule has 106 valence electrons. The summed E-state index contributed by atoms with van der Waals surface area (Å²) in [6, 6.07) is 6.85. The quantitative estimate of drug-likeness (QED) is 0.637. The molecule has 0 aliphatic carbocycles. The molecule has 1 fully saturated rings. The number of benzene rings is 1. The van der Waals surface area contributed by atoms with Crippen molar-refractivity contribution >= 4 is 9.84 Å². The van der Waals surface area contributed by atoms with E-state index >= 15 is 0 Å². The average molecular weight is 284 g/mol. The topological polar surface area (TPSA) is 81.4 Å². The number of hydrogen-bond acceptors (Lipinski definition) is 5. The Morgan fingerprint density at radius 1 is 1.47 bits per heavy atom. The molecule has 1 aromatic carbocycles. The van der Waals surface area contributed by atoms with Gasteiger partial charge in [0, 0.05) is 18.8 Å². The summed E-state index contributed by atoms with van der Waals surface area (Å²) >= 11 is 0. The number of rotatable bonds is 4. The maximum Gasteiger partial charge on any atom is 0.175 e. The first-order valence-corrected chi connectivity index (χ1v) is 8.25. The SMILES string of the molecule is CS(=O)(=O)c1cccc(C(NN)C2CCCOC2)c1. The Bertz CT molecular complexity index is 524. The maximum absolute atomic E-state index is 11.6. The lowest BCUT2D eigenvalue weighted by atomic mass is 9.89. The van der Waals surface area contributed by atoms with Gasteiger partial charge >= 0.3 is 0 Å². The molecule has 3 N–H and O–H groups in total. The zero-order valence-electron chi connectivity index (χ0n) is 11.0. The van der Waals surface area contributed by atoms with Crippen molar-refractivity contribution in [3.63, 3.8) is 0 Å². The third-order valence-corrected chi connectivity index (χ3v) is 4.60. The minimum Gasteiger partial charge on any atom is -0.381 e. The molecular formula is C13H20N2O3S. The van der Waals surface area contributed by atoms with Gasteiger partial charge in [0.05, 0.1) is 17.5 Å². The summed E-state index contributed by atoms with van der Waals surface area (Å²) in [6.07, 6.45) is 3.24. The summed E-state index contributed by atoms with van der Waals surface area (Å²) in [5.41, 5.74) is 3.68. The van der Waals surface area contributed by atoms with E-state index in [1.165, 1.54) is 6.26 Å². The predicted octanol–water partition coefficient (Wildman–Crippen LogP) is 1.02. The molecular weight excluding hydrogens is 264 g/mol. The Morgan fingerprint density at radius 3 is 2.84 bits per heavy atom. The van der Waals surface area contributed by atoms with Crippen LogP contribution in [-0.2, 0) is 14.6 Å². The molecule has 0 aromatic heterocycles. The van der Waals surface area contributed by atoms with E-state index in [0.717, 1.165) is 25.0 Å². The second-order valence-corrected chi connectivity index (χ2v) is 6.98. The van der Waals surface area contributed by atoms with Crippen LogP contribution >= 0.6 is 0 Å². The van der Waals surface area contributed by atoms with Gasteiger partial charge in [-0.1, -0.05) is 12.1 Å². The van der Waals surface area contributed by atoms with E-state index in [-0.39, 0.29) is 12.0 Å². The van der Waals surface area contributed by atoms with Crippen LogP contribution < -0.4 is 11.3 Å². The van der Waals surface area contributed by atoms with Gasteiger partial charge in [0.2, 0.25) is 0 Å². The molecule has 19 heavy (non-hydrogen) atoms. The fourth-order valence-corrected chi connectivity index (χ4v) is 3.15. The van der Waals surface area contributed by atoms with Gasteiger partial charge in [0.15, 0.2) is 9.84 Å². The van der Waals surface area contributed by atoms with Crippen molar-refractivity contribution in [1.29, 1.82) is 0 Å². The highest BCUT2D eigenvalue weighted by atomic mass is 32.2. The summed E-state index contributed by atoms with van der Waals surface area (Å²) in [4.78, 5) is 0.321. The Labute approximate surface area is 114 Å². The van der Waals surface area contributed by atoms with E-state index in [0.29, 0.717) is 11.5 Å². The molecule has 1 aliphatic heterocycles. The molecule has 0 spiro atoms. The first kappa shape index (κ1) is 14.5. The van der Waals surface area contributed by atoms with Gasteiger partial charge in [0.1, 0.15) is 0 Å². The number of nitrogens with two attached hydrogens (primary N) is 1. The van der Waals surface area contributed by atoms with Crippen LogP contribution in [0.4, 0.5) is 0 Å². The molecule has 0 saturated carbocycles. The molecule has 0 radical (unpaired) electrons. The van der Waals surface area contributed by atoms with Gasteiger partial charge in [-0.25, -0.2) is 8.42 Å². The molecule has 1 aromatic rings. The first-order chi connectivity index (χ1) is 9.02. The van der Waals surface area contributed by atoms with Crippen molar-refractivity contribution < 1.29 is 13.2 Å². The Morgan fingerprint density at radius 2 is 2.26 bits per heavy atom. The summed E-state index contributed by atoms with van der Waals surface area (Å²) in [5, 5.41) is 0. The van der Waals surface area contributed by atoms with Crippen LogP contribution in [0.2, 0.25) is 0 Å². The van der Waals surface area contributed by atoms with Crippen molar-refractivity contribution in [2.24, 2.45) is 11.8 Å². The Hall–Kier alpha value is -0.950. The third kappa shape index (κ3) is 3.54. The van der Waals surface area contributed by atoms with Crippen LogP contribution in [0, 0.1) is 5.92 Å². The Kier molecular flexibility index (Phi) is 4.57. The fourth-order valence-electron chi connectivity index (χ4n) is 2.47. The summed E-state index contributed by atoms with van der Waals surface area (Å²) in [7, 11) is -3.20. The summed E-state index contributed by atoms with van der Waals surface area (Å²) in [5.74, 6) is 5.91. The highest BCUT2D eigenvalue weighted by molar-refractivity contribution is 7.90. The molecule has 2 atom stereocenters. The molecule has 1 aliphatic rings. The molecule has 5 nitrogen and oxygen atoms in total. The highest BCUT2D eigenvalue weighted by Crippen LogP contribution is 2.29. The predicted molar refractivity (Wildman–Crippen MR) is 73.2 cm³/mol. The smallest absolute Gasteiger partial charge is 0.175 e. The zero-order chi connectivity index (χ0) is 13.9. The molecule has 1 saturated heterocycles. The average Bonchev–Trinajstić information content (AvgIpc) is 2.40. The van der Waals surface area contributed by atoms with E-state index in [2.05, 4.69) is 5.43 Å². The lowest BCUT2D eigenvalue weighted by Crippen LogP contribution is -2.37.